The van der Waals surface area contributed by atoms with Crippen LogP contribution in [0.3, 0.4) is 0 Å². The largest absolute Gasteiger partial charge is 0.396 e. The summed E-state index contributed by atoms with van der Waals surface area (Å²) in [5.41, 5.74) is 0. The zero-order chi connectivity index (χ0) is 11.4. The van der Waals surface area contributed by atoms with Gasteiger partial charge >= 0.3 is 0 Å². The molecule has 0 aromatic carbocycles. The van der Waals surface area contributed by atoms with Gasteiger partial charge in [0.05, 0.1) is 6.42 Å². The van der Waals surface area contributed by atoms with Crippen molar-refractivity contribution >= 4 is 17.2 Å². The van der Waals surface area contributed by atoms with Gasteiger partial charge in [-0.2, -0.15) is 0 Å². The second-order valence-corrected chi connectivity index (χ2v) is 5.32. The van der Waals surface area contributed by atoms with Crippen LogP contribution in [0.1, 0.15) is 17.7 Å². The maximum atomic E-state index is 12.0. The zero-order valence-corrected chi connectivity index (χ0v) is 10.1. The van der Waals surface area contributed by atoms with Gasteiger partial charge in [0.15, 0.2) is 0 Å². The predicted molar refractivity (Wildman–Crippen MR) is 64.4 cm³/mol. The minimum atomic E-state index is 0.195. The van der Waals surface area contributed by atoms with Gasteiger partial charge in [0, 0.05) is 24.6 Å². The first-order valence-electron chi connectivity index (χ1n) is 5.70. The van der Waals surface area contributed by atoms with Gasteiger partial charge < -0.3 is 10.0 Å². The molecule has 1 aliphatic heterocycles. The molecule has 3 nitrogen and oxygen atoms in total. The average molecular weight is 239 g/mol. The van der Waals surface area contributed by atoms with Crippen molar-refractivity contribution in [3.63, 3.8) is 0 Å². The Labute approximate surface area is 99.7 Å². The van der Waals surface area contributed by atoms with Crippen LogP contribution in [0.25, 0.3) is 0 Å². The second kappa shape index (κ2) is 5.46. The Kier molecular flexibility index (Phi) is 3.96. The Balaban J connectivity index is 1.89. The number of thiophene rings is 1. The van der Waals surface area contributed by atoms with Crippen molar-refractivity contribution in [2.45, 2.75) is 19.3 Å². The van der Waals surface area contributed by atoms with E-state index in [0.717, 1.165) is 30.8 Å². The number of carbonyl (C=O) groups is 1. The second-order valence-electron chi connectivity index (χ2n) is 4.29. The summed E-state index contributed by atoms with van der Waals surface area (Å²) in [5.74, 6) is 0.474. The monoisotopic (exact) mass is 239 g/mol. The summed E-state index contributed by atoms with van der Waals surface area (Å²) in [6.45, 7) is 1.77. The lowest BCUT2D eigenvalue weighted by molar-refractivity contribution is -0.132. The van der Waals surface area contributed by atoms with E-state index in [2.05, 4.69) is 0 Å². The summed E-state index contributed by atoms with van der Waals surface area (Å²) in [6, 6.07) is 3.97. The number of nitrogens with zero attached hydrogens (tertiary/aromatic N) is 1. The fourth-order valence-corrected chi connectivity index (χ4v) is 2.81. The first kappa shape index (κ1) is 11.6. The van der Waals surface area contributed by atoms with Gasteiger partial charge in [0.1, 0.15) is 0 Å². The molecule has 2 heterocycles. The van der Waals surface area contributed by atoms with Gasteiger partial charge in [-0.3, -0.25) is 4.79 Å². The quantitative estimate of drug-likeness (QED) is 0.869. The van der Waals surface area contributed by atoms with Crippen LogP contribution < -0.4 is 0 Å². The van der Waals surface area contributed by atoms with Crippen LogP contribution in [0, 0.1) is 5.92 Å². The van der Waals surface area contributed by atoms with Gasteiger partial charge in [-0.1, -0.05) is 6.07 Å². The normalized spacial score (nSPS) is 21.1. The van der Waals surface area contributed by atoms with E-state index in [0.29, 0.717) is 6.42 Å². The van der Waals surface area contributed by atoms with Crippen molar-refractivity contribution in [1.82, 2.24) is 4.90 Å². The van der Waals surface area contributed by atoms with Crippen LogP contribution >= 0.6 is 11.3 Å². The molecule has 1 N–H and O–H groups in total. The Morgan fingerprint density at radius 3 is 3.19 bits per heavy atom. The van der Waals surface area contributed by atoms with Gasteiger partial charge in [-0.15, -0.1) is 11.3 Å². The first-order chi connectivity index (χ1) is 7.79. The highest BCUT2D eigenvalue weighted by Gasteiger charge is 2.23. The molecule has 1 amide bonds. The summed E-state index contributed by atoms with van der Waals surface area (Å²) < 4.78 is 0. The van der Waals surface area contributed by atoms with Crippen molar-refractivity contribution < 1.29 is 9.90 Å². The van der Waals surface area contributed by atoms with Crippen molar-refractivity contribution in [2.24, 2.45) is 5.92 Å². The molecule has 0 radical (unpaired) electrons. The molecule has 0 spiro atoms. The topological polar surface area (TPSA) is 40.5 Å². The van der Waals surface area contributed by atoms with Crippen LogP contribution in [0.2, 0.25) is 0 Å². The molecule has 0 aliphatic carbocycles. The van der Waals surface area contributed by atoms with E-state index >= 15 is 0 Å². The van der Waals surface area contributed by atoms with Crippen molar-refractivity contribution in [3.05, 3.63) is 22.4 Å². The molecule has 0 saturated carbocycles. The van der Waals surface area contributed by atoms with E-state index in [1.54, 1.807) is 11.3 Å². The molecule has 1 aromatic rings. The van der Waals surface area contributed by atoms with Crippen LogP contribution in [0.4, 0.5) is 0 Å². The molecule has 2 rings (SSSR count). The van der Waals surface area contributed by atoms with Crippen molar-refractivity contribution in [2.75, 3.05) is 19.7 Å². The summed E-state index contributed by atoms with van der Waals surface area (Å²) >= 11 is 1.62. The number of hydrogen-bond acceptors (Lipinski definition) is 3. The van der Waals surface area contributed by atoms with E-state index in [1.165, 1.54) is 0 Å². The number of amides is 1. The Morgan fingerprint density at radius 2 is 2.50 bits per heavy atom. The number of rotatable bonds is 3. The molecule has 1 atom stereocenters. The van der Waals surface area contributed by atoms with Crippen LogP contribution in [0.5, 0.6) is 0 Å². The molecule has 0 bridgehead atoms. The smallest absolute Gasteiger partial charge is 0.227 e. The summed E-state index contributed by atoms with van der Waals surface area (Å²) in [4.78, 5) is 15.0. The number of aliphatic hydroxyl groups is 1. The number of aliphatic hydroxyl groups excluding tert-OH is 1. The van der Waals surface area contributed by atoms with E-state index in [1.807, 2.05) is 22.4 Å². The molecule has 1 saturated heterocycles. The fraction of sp³-hybridized carbons (Fsp3) is 0.583. The summed E-state index contributed by atoms with van der Waals surface area (Å²) in [5, 5.41) is 11.1. The third kappa shape index (κ3) is 2.83. The highest BCUT2D eigenvalue weighted by molar-refractivity contribution is 7.10. The van der Waals surface area contributed by atoms with E-state index < -0.39 is 0 Å². The molecular formula is C12H17NO2S. The molecule has 16 heavy (non-hydrogen) atoms. The minimum Gasteiger partial charge on any atom is -0.396 e. The fourth-order valence-electron chi connectivity index (χ4n) is 2.11. The van der Waals surface area contributed by atoms with E-state index in [-0.39, 0.29) is 18.4 Å². The Hall–Kier alpha value is -0.870. The average Bonchev–Trinajstić information content (AvgIpc) is 2.82. The maximum absolute atomic E-state index is 12.0. The molecule has 1 unspecified atom stereocenters. The van der Waals surface area contributed by atoms with Crippen molar-refractivity contribution in [1.29, 1.82) is 0 Å². The standard InChI is InChI=1S/C12H17NO2S/c14-9-10-3-1-5-13(8-10)12(15)7-11-4-2-6-16-11/h2,4,6,10,14H,1,3,5,7-9H2. The van der Waals surface area contributed by atoms with Crippen molar-refractivity contribution in [3.8, 4) is 0 Å². The lowest BCUT2D eigenvalue weighted by atomic mass is 9.99. The third-order valence-electron chi connectivity index (χ3n) is 3.04. The summed E-state index contributed by atoms with van der Waals surface area (Å²) in [6.07, 6.45) is 2.57. The van der Waals surface area contributed by atoms with Gasteiger partial charge in [0.2, 0.25) is 5.91 Å². The Morgan fingerprint density at radius 1 is 1.62 bits per heavy atom. The van der Waals surface area contributed by atoms with Gasteiger partial charge in [0.25, 0.3) is 0 Å². The van der Waals surface area contributed by atoms with Gasteiger partial charge in [-0.25, -0.2) is 0 Å². The molecule has 1 fully saturated rings. The van der Waals surface area contributed by atoms with E-state index in [4.69, 9.17) is 5.11 Å². The lowest BCUT2D eigenvalue weighted by Gasteiger charge is -2.31. The number of piperidine rings is 1. The first-order valence-corrected chi connectivity index (χ1v) is 6.58. The third-order valence-corrected chi connectivity index (χ3v) is 3.91. The maximum Gasteiger partial charge on any atom is 0.227 e. The number of carbonyl (C=O) groups excluding carboxylic acids is 1. The molecule has 4 heteroatoms. The van der Waals surface area contributed by atoms with E-state index in [9.17, 15) is 4.79 Å². The van der Waals surface area contributed by atoms with Crippen LogP contribution in [-0.4, -0.2) is 35.6 Å². The molecular weight excluding hydrogens is 222 g/mol. The lowest BCUT2D eigenvalue weighted by Crippen LogP contribution is -2.41. The summed E-state index contributed by atoms with van der Waals surface area (Å²) in [7, 11) is 0. The van der Waals surface area contributed by atoms with Crippen LogP contribution in [0.15, 0.2) is 17.5 Å². The molecule has 88 valence electrons. The molecule has 1 aromatic heterocycles. The Bertz CT molecular complexity index is 337. The highest BCUT2D eigenvalue weighted by atomic mass is 32.1. The SMILES string of the molecule is O=C(Cc1cccs1)N1CCCC(CO)C1. The number of hydrogen-bond donors (Lipinski definition) is 1. The highest BCUT2D eigenvalue weighted by Crippen LogP contribution is 2.18. The minimum absolute atomic E-state index is 0.195. The molecule has 1 aliphatic rings. The van der Waals surface area contributed by atoms with Gasteiger partial charge in [-0.05, 0) is 30.2 Å². The van der Waals surface area contributed by atoms with Crippen LogP contribution in [-0.2, 0) is 11.2 Å². The zero-order valence-electron chi connectivity index (χ0n) is 9.26. The predicted octanol–water partition coefficient (Wildman–Crippen LogP) is 1.52. The number of likely N-dealkylation sites (tertiary alicyclic amines) is 1.